The van der Waals surface area contributed by atoms with E-state index in [9.17, 15) is 14.4 Å². The predicted molar refractivity (Wildman–Crippen MR) is 120 cm³/mol. The van der Waals surface area contributed by atoms with Crippen molar-refractivity contribution in [1.82, 2.24) is 10.2 Å². The van der Waals surface area contributed by atoms with E-state index in [1.165, 1.54) is 0 Å². The molecule has 0 spiro atoms. The number of benzene rings is 2. The number of carbonyl (C=O) groups is 3. The minimum Gasteiger partial charge on any atom is -0.376 e. The lowest BCUT2D eigenvalue weighted by Crippen LogP contribution is -2.30. The number of anilines is 2. The molecule has 0 saturated carbocycles. The third-order valence-electron chi connectivity index (χ3n) is 4.49. The molecule has 0 fully saturated rings. The number of nitrogens with one attached hydrogen (secondary N) is 3. The van der Waals surface area contributed by atoms with Crippen LogP contribution in [0.1, 0.15) is 48.4 Å². The Kier molecular flexibility index (Phi) is 8.41. The van der Waals surface area contributed by atoms with Gasteiger partial charge in [-0.1, -0.05) is 0 Å². The van der Waals surface area contributed by atoms with Crippen LogP contribution in [0.4, 0.5) is 11.4 Å². The third kappa shape index (κ3) is 6.62. The summed E-state index contributed by atoms with van der Waals surface area (Å²) in [6.45, 7) is 9.11. The smallest absolute Gasteiger partial charge is 0.253 e. The zero-order valence-corrected chi connectivity index (χ0v) is 18.0. The second-order valence-corrected chi connectivity index (χ2v) is 7.16. The molecule has 7 nitrogen and oxygen atoms in total. The third-order valence-corrected chi connectivity index (χ3v) is 4.49. The highest BCUT2D eigenvalue weighted by molar-refractivity contribution is 5.97. The van der Waals surface area contributed by atoms with E-state index in [0.717, 1.165) is 5.69 Å². The Labute approximate surface area is 177 Å². The van der Waals surface area contributed by atoms with Crippen LogP contribution in [-0.4, -0.2) is 48.3 Å². The van der Waals surface area contributed by atoms with Crippen molar-refractivity contribution in [3.8, 4) is 0 Å². The van der Waals surface area contributed by atoms with Crippen LogP contribution >= 0.6 is 0 Å². The Morgan fingerprint density at radius 2 is 1.37 bits per heavy atom. The van der Waals surface area contributed by atoms with Gasteiger partial charge in [0, 0.05) is 41.6 Å². The first-order valence-corrected chi connectivity index (χ1v) is 10.2. The number of hydrogen-bond acceptors (Lipinski definition) is 4. The van der Waals surface area contributed by atoms with Gasteiger partial charge in [0.25, 0.3) is 11.8 Å². The van der Waals surface area contributed by atoms with Crippen molar-refractivity contribution in [2.24, 2.45) is 0 Å². The van der Waals surface area contributed by atoms with Gasteiger partial charge < -0.3 is 20.9 Å². The normalized spacial score (nSPS) is 10.4. The Morgan fingerprint density at radius 3 is 1.90 bits per heavy atom. The molecular formula is C23H30N4O3. The zero-order valence-electron chi connectivity index (χ0n) is 18.0. The van der Waals surface area contributed by atoms with Gasteiger partial charge in [-0.3, -0.25) is 14.4 Å². The molecule has 0 radical (unpaired) electrons. The first-order valence-electron chi connectivity index (χ1n) is 10.2. The van der Waals surface area contributed by atoms with Gasteiger partial charge in [-0.05, 0) is 76.2 Å². The Bertz CT molecular complexity index is 857. The Hall–Kier alpha value is -3.35. The predicted octanol–water partition coefficient (Wildman–Crippen LogP) is 3.36. The molecule has 160 valence electrons. The summed E-state index contributed by atoms with van der Waals surface area (Å²) >= 11 is 0. The standard InChI is InChI=1S/C23H30N4O3/c1-5-27(6-2)23(30)18-9-11-19(12-10-18)24-15-21(28)26-20-13-7-17(8-14-20)22(29)25-16(3)4/h7-14,16,24H,5-6,15H2,1-4H3,(H,25,29)(H,26,28). The van der Waals surface area contributed by atoms with E-state index < -0.39 is 0 Å². The molecule has 2 aromatic carbocycles. The van der Waals surface area contributed by atoms with E-state index in [0.29, 0.717) is 29.9 Å². The molecule has 0 aliphatic heterocycles. The first kappa shape index (κ1) is 22.9. The van der Waals surface area contributed by atoms with Crippen molar-refractivity contribution in [3.05, 3.63) is 59.7 Å². The van der Waals surface area contributed by atoms with Crippen LogP contribution in [0.5, 0.6) is 0 Å². The van der Waals surface area contributed by atoms with E-state index in [1.54, 1.807) is 53.4 Å². The maximum Gasteiger partial charge on any atom is 0.253 e. The highest BCUT2D eigenvalue weighted by Crippen LogP contribution is 2.13. The van der Waals surface area contributed by atoms with Crippen molar-refractivity contribution in [3.63, 3.8) is 0 Å². The topological polar surface area (TPSA) is 90.5 Å². The molecule has 2 aromatic rings. The summed E-state index contributed by atoms with van der Waals surface area (Å²) in [4.78, 5) is 38.2. The van der Waals surface area contributed by atoms with Crippen LogP contribution in [0.25, 0.3) is 0 Å². The maximum absolute atomic E-state index is 12.3. The maximum atomic E-state index is 12.3. The van der Waals surface area contributed by atoms with Crippen LogP contribution < -0.4 is 16.0 Å². The highest BCUT2D eigenvalue weighted by atomic mass is 16.2. The summed E-state index contributed by atoms with van der Waals surface area (Å²) in [5, 5.41) is 8.64. The number of amides is 3. The number of carbonyl (C=O) groups excluding carboxylic acids is 3. The minimum absolute atomic E-state index is 0.00480. The second kappa shape index (κ2) is 11.0. The summed E-state index contributed by atoms with van der Waals surface area (Å²) in [5.41, 5.74) is 2.53. The van der Waals surface area contributed by atoms with Crippen molar-refractivity contribution >= 4 is 29.1 Å². The van der Waals surface area contributed by atoms with Crippen LogP contribution in [0, 0.1) is 0 Å². The molecule has 3 N–H and O–H groups in total. The summed E-state index contributed by atoms with van der Waals surface area (Å²) in [7, 11) is 0. The largest absolute Gasteiger partial charge is 0.376 e. The van der Waals surface area contributed by atoms with Crippen molar-refractivity contribution in [1.29, 1.82) is 0 Å². The molecule has 0 aromatic heterocycles. The fourth-order valence-electron chi connectivity index (χ4n) is 2.86. The summed E-state index contributed by atoms with van der Waals surface area (Å²) in [5.74, 6) is -0.361. The lowest BCUT2D eigenvalue weighted by Gasteiger charge is -2.18. The molecule has 3 amide bonds. The second-order valence-electron chi connectivity index (χ2n) is 7.16. The van der Waals surface area contributed by atoms with Crippen molar-refractivity contribution in [2.45, 2.75) is 33.7 Å². The van der Waals surface area contributed by atoms with E-state index >= 15 is 0 Å². The van der Waals surface area contributed by atoms with E-state index in [-0.39, 0.29) is 30.3 Å². The fourth-order valence-corrected chi connectivity index (χ4v) is 2.86. The number of nitrogens with zero attached hydrogens (tertiary/aromatic N) is 1. The Morgan fingerprint density at radius 1 is 0.833 bits per heavy atom. The van der Waals surface area contributed by atoms with Gasteiger partial charge in [-0.25, -0.2) is 0 Å². The molecule has 0 heterocycles. The molecular weight excluding hydrogens is 380 g/mol. The molecule has 2 rings (SSSR count). The number of rotatable bonds is 9. The molecule has 0 atom stereocenters. The minimum atomic E-state index is -0.210. The quantitative estimate of drug-likeness (QED) is 0.591. The monoisotopic (exact) mass is 410 g/mol. The van der Waals surface area contributed by atoms with Crippen LogP contribution in [0.2, 0.25) is 0 Å². The van der Waals surface area contributed by atoms with Crippen LogP contribution in [0.3, 0.4) is 0 Å². The van der Waals surface area contributed by atoms with Gasteiger partial charge in [-0.15, -0.1) is 0 Å². The SMILES string of the molecule is CCN(CC)C(=O)c1ccc(NCC(=O)Nc2ccc(C(=O)NC(C)C)cc2)cc1. The van der Waals surface area contributed by atoms with Gasteiger partial charge in [0.05, 0.1) is 6.54 Å². The van der Waals surface area contributed by atoms with Crippen molar-refractivity contribution < 1.29 is 14.4 Å². The fraction of sp³-hybridized carbons (Fsp3) is 0.348. The summed E-state index contributed by atoms with van der Waals surface area (Å²) < 4.78 is 0. The van der Waals surface area contributed by atoms with E-state index in [1.807, 2.05) is 27.7 Å². The Balaban J connectivity index is 1.86. The average molecular weight is 411 g/mol. The van der Waals surface area contributed by atoms with Crippen LogP contribution in [0.15, 0.2) is 48.5 Å². The first-order chi connectivity index (χ1) is 14.3. The summed E-state index contributed by atoms with van der Waals surface area (Å²) in [6.07, 6.45) is 0. The molecule has 0 saturated heterocycles. The molecule has 0 unspecified atom stereocenters. The van der Waals surface area contributed by atoms with Gasteiger partial charge in [-0.2, -0.15) is 0 Å². The molecule has 0 bridgehead atoms. The average Bonchev–Trinajstić information content (AvgIpc) is 2.73. The van der Waals surface area contributed by atoms with Gasteiger partial charge in [0.2, 0.25) is 5.91 Å². The van der Waals surface area contributed by atoms with E-state index in [4.69, 9.17) is 0 Å². The van der Waals surface area contributed by atoms with Crippen LogP contribution in [-0.2, 0) is 4.79 Å². The van der Waals surface area contributed by atoms with Gasteiger partial charge >= 0.3 is 0 Å². The lowest BCUT2D eigenvalue weighted by molar-refractivity contribution is -0.114. The van der Waals surface area contributed by atoms with Crippen molar-refractivity contribution in [2.75, 3.05) is 30.3 Å². The zero-order chi connectivity index (χ0) is 22.1. The molecule has 30 heavy (non-hydrogen) atoms. The highest BCUT2D eigenvalue weighted by Gasteiger charge is 2.12. The molecule has 0 aliphatic rings. The lowest BCUT2D eigenvalue weighted by atomic mass is 10.1. The van der Waals surface area contributed by atoms with Gasteiger partial charge in [0.15, 0.2) is 0 Å². The van der Waals surface area contributed by atoms with Gasteiger partial charge in [0.1, 0.15) is 0 Å². The molecule has 0 aliphatic carbocycles. The number of hydrogen-bond donors (Lipinski definition) is 3. The molecule has 7 heteroatoms. The summed E-state index contributed by atoms with van der Waals surface area (Å²) in [6, 6.07) is 13.9. The van der Waals surface area contributed by atoms with E-state index in [2.05, 4.69) is 16.0 Å².